The number of rotatable bonds is 5. The van der Waals surface area contributed by atoms with Crippen molar-refractivity contribution < 1.29 is 0 Å². The molecule has 2 heteroatoms. The summed E-state index contributed by atoms with van der Waals surface area (Å²) < 4.78 is 2.47. The summed E-state index contributed by atoms with van der Waals surface area (Å²) in [5.74, 6) is 0. The largest absolute Gasteiger partial charge is 0.310 e. The van der Waals surface area contributed by atoms with Gasteiger partial charge < -0.3 is 9.47 Å². The number of hydrogen-bond donors (Lipinski definition) is 0. The van der Waals surface area contributed by atoms with Crippen LogP contribution in [0, 0.1) is 0 Å². The quantitative estimate of drug-likeness (QED) is 0.190. The molecule has 8 aromatic rings. The van der Waals surface area contributed by atoms with Crippen molar-refractivity contribution >= 4 is 38.9 Å². The SMILES string of the molecule is CC1(C)c2cc(N(c3ccccc3)c3ccc(-c4ccccc4)cc3)ccc2-c2c(-n3c4ccccc4c4ccccc43)cccc21. The van der Waals surface area contributed by atoms with Crippen molar-refractivity contribution in [2.24, 2.45) is 0 Å². The van der Waals surface area contributed by atoms with Crippen LogP contribution in [0.1, 0.15) is 25.0 Å². The molecule has 0 atom stereocenters. The minimum Gasteiger partial charge on any atom is -0.310 e. The van der Waals surface area contributed by atoms with Crippen LogP contribution >= 0.6 is 0 Å². The van der Waals surface area contributed by atoms with Gasteiger partial charge in [-0.25, -0.2) is 0 Å². The number of nitrogens with zero attached hydrogens (tertiary/aromatic N) is 2. The highest BCUT2D eigenvalue weighted by molar-refractivity contribution is 6.10. The van der Waals surface area contributed by atoms with Crippen molar-refractivity contribution in [1.82, 2.24) is 4.57 Å². The van der Waals surface area contributed by atoms with Gasteiger partial charge in [-0.2, -0.15) is 0 Å². The first-order valence-electron chi connectivity index (χ1n) is 16.4. The zero-order valence-electron chi connectivity index (χ0n) is 26.6. The zero-order chi connectivity index (χ0) is 31.5. The van der Waals surface area contributed by atoms with Crippen LogP contribution in [0.15, 0.2) is 170 Å². The van der Waals surface area contributed by atoms with Gasteiger partial charge in [-0.1, -0.05) is 129 Å². The van der Waals surface area contributed by atoms with E-state index in [0.717, 1.165) is 17.1 Å². The van der Waals surface area contributed by atoms with Gasteiger partial charge in [-0.3, -0.25) is 0 Å². The lowest BCUT2D eigenvalue weighted by molar-refractivity contribution is 0.660. The number of para-hydroxylation sites is 3. The molecule has 9 rings (SSSR count). The standard InChI is InChI=1S/C45H34N2/c1-45(2)39-20-13-23-43(47-41-21-11-9-18-36(41)37-19-10-12-22-42(37)47)44(39)38-29-28-35(30-40(38)45)46(33-16-7-4-8-17-33)34-26-24-32(25-27-34)31-14-5-3-6-15-31/h3-30H,1-2H3. The molecule has 47 heavy (non-hydrogen) atoms. The Bertz CT molecular complexity index is 2360. The van der Waals surface area contributed by atoms with Gasteiger partial charge in [0, 0.05) is 38.8 Å². The van der Waals surface area contributed by atoms with Crippen molar-refractivity contribution in [2.45, 2.75) is 19.3 Å². The van der Waals surface area contributed by atoms with Gasteiger partial charge in [-0.15, -0.1) is 0 Å². The highest BCUT2D eigenvalue weighted by Crippen LogP contribution is 2.53. The summed E-state index contributed by atoms with van der Waals surface area (Å²) in [5, 5.41) is 2.57. The number of hydrogen-bond acceptors (Lipinski definition) is 1. The fourth-order valence-corrected chi connectivity index (χ4v) is 7.72. The van der Waals surface area contributed by atoms with Crippen LogP contribution < -0.4 is 4.90 Å². The molecule has 0 aliphatic heterocycles. The van der Waals surface area contributed by atoms with Gasteiger partial charge in [0.1, 0.15) is 0 Å². The van der Waals surface area contributed by atoms with E-state index in [2.05, 4.69) is 193 Å². The Labute approximate surface area is 275 Å². The first-order valence-corrected chi connectivity index (χ1v) is 16.4. The molecule has 1 heterocycles. The van der Waals surface area contributed by atoms with Crippen LogP contribution in [0.3, 0.4) is 0 Å². The monoisotopic (exact) mass is 602 g/mol. The summed E-state index contributed by atoms with van der Waals surface area (Å²) >= 11 is 0. The lowest BCUT2D eigenvalue weighted by Crippen LogP contribution is -2.16. The highest BCUT2D eigenvalue weighted by Gasteiger charge is 2.38. The molecular formula is C45H34N2. The Morgan fingerprint density at radius 2 is 1.00 bits per heavy atom. The fourth-order valence-electron chi connectivity index (χ4n) is 7.72. The predicted octanol–water partition coefficient (Wildman–Crippen LogP) is 12.2. The van der Waals surface area contributed by atoms with Crippen molar-refractivity contribution in [1.29, 1.82) is 0 Å². The second kappa shape index (κ2) is 10.6. The summed E-state index contributed by atoms with van der Waals surface area (Å²) in [6, 6.07) is 61.7. The molecule has 0 unspecified atom stereocenters. The number of benzene rings is 7. The molecule has 0 amide bonds. The molecule has 1 aromatic heterocycles. The van der Waals surface area contributed by atoms with E-state index >= 15 is 0 Å². The van der Waals surface area contributed by atoms with Crippen molar-refractivity contribution in [3.63, 3.8) is 0 Å². The van der Waals surface area contributed by atoms with Crippen LogP contribution in [0.5, 0.6) is 0 Å². The summed E-state index contributed by atoms with van der Waals surface area (Å²) in [7, 11) is 0. The summed E-state index contributed by atoms with van der Waals surface area (Å²) in [4.78, 5) is 2.38. The van der Waals surface area contributed by atoms with Crippen molar-refractivity contribution in [3.8, 4) is 27.9 Å². The maximum absolute atomic E-state index is 2.47. The van der Waals surface area contributed by atoms with Crippen LogP contribution in [0.25, 0.3) is 49.7 Å². The predicted molar refractivity (Wildman–Crippen MR) is 198 cm³/mol. The first-order chi connectivity index (χ1) is 23.1. The smallest absolute Gasteiger partial charge is 0.0543 e. The van der Waals surface area contributed by atoms with Gasteiger partial charge in [0.25, 0.3) is 0 Å². The molecule has 0 saturated carbocycles. The Hall–Kier alpha value is -5.86. The van der Waals surface area contributed by atoms with Crippen LogP contribution in [-0.2, 0) is 5.41 Å². The third kappa shape index (κ3) is 4.26. The van der Waals surface area contributed by atoms with Crippen LogP contribution in [0.2, 0.25) is 0 Å². The van der Waals surface area contributed by atoms with Crippen molar-refractivity contribution in [3.05, 3.63) is 181 Å². The van der Waals surface area contributed by atoms with E-state index in [-0.39, 0.29) is 5.41 Å². The number of anilines is 3. The average Bonchev–Trinajstić information content (AvgIpc) is 3.58. The lowest BCUT2D eigenvalue weighted by atomic mass is 9.82. The van der Waals surface area contributed by atoms with Crippen LogP contribution in [-0.4, -0.2) is 4.57 Å². The number of fused-ring (bicyclic) bond motifs is 6. The first kappa shape index (κ1) is 27.5. The molecule has 7 aromatic carbocycles. The molecule has 0 fully saturated rings. The highest BCUT2D eigenvalue weighted by atomic mass is 15.1. The maximum atomic E-state index is 2.47. The average molecular weight is 603 g/mol. The van der Waals surface area contributed by atoms with Gasteiger partial charge in [0.2, 0.25) is 0 Å². The second-order valence-electron chi connectivity index (χ2n) is 13.0. The van der Waals surface area contributed by atoms with E-state index in [0.29, 0.717) is 0 Å². The van der Waals surface area contributed by atoms with E-state index in [1.54, 1.807) is 0 Å². The number of aromatic nitrogens is 1. The van der Waals surface area contributed by atoms with Gasteiger partial charge in [-0.05, 0) is 82.4 Å². The Balaban J connectivity index is 1.22. The second-order valence-corrected chi connectivity index (χ2v) is 13.0. The van der Waals surface area contributed by atoms with Crippen molar-refractivity contribution in [2.75, 3.05) is 4.90 Å². The maximum Gasteiger partial charge on any atom is 0.0543 e. The summed E-state index contributed by atoms with van der Waals surface area (Å²) in [5.41, 5.74) is 14.7. The van der Waals surface area contributed by atoms with Crippen LogP contribution in [0.4, 0.5) is 17.1 Å². The normalized spacial score (nSPS) is 13.1. The Morgan fingerprint density at radius 3 is 1.68 bits per heavy atom. The molecule has 2 nitrogen and oxygen atoms in total. The van der Waals surface area contributed by atoms with Gasteiger partial charge in [0.05, 0.1) is 16.7 Å². The topological polar surface area (TPSA) is 8.17 Å². The summed E-state index contributed by atoms with van der Waals surface area (Å²) in [6.45, 7) is 4.75. The molecule has 0 spiro atoms. The summed E-state index contributed by atoms with van der Waals surface area (Å²) in [6.07, 6.45) is 0. The fraction of sp³-hybridized carbons (Fsp3) is 0.0667. The van der Waals surface area contributed by atoms with Gasteiger partial charge in [0.15, 0.2) is 0 Å². The molecule has 0 bridgehead atoms. The molecule has 1 aliphatic rings. The minimum atomic E-state index is -0.172. The van der Waals surface area contributed by atoms with E-state index < -0.39 is 0 Å². The molecule has 1 aliphatic carbocycles. The molecule has 224 valence electrons. The minimum absolute atomic E-state index is 0.172. The molecule has 0 radical (unpaired) electrons. The third-order valence-corrected chi connectivity index (χ3v) is 9.99. The lowest BCUT2D eigenvalue weighted by Gasteiger charge is -2.28. The Morgan fingerprint density at radius 1 is 0.447 bits per heavy atom. The third-order valence-electron chi connectivity index (χ3n) is 9.99. The molecule has 0 N–H and O–H groups in total. The van der Waals surface area contributed by atoms with Gasteiger partial charge >= 0.3 is 0 Å². The molecular weight excluding hydrogens is 569 g/mol. The zero-order valence-corrected chi connectivity index (χ0v) is 26.6. The van der Waals surface area contributed by atoms with E-state index in [9.17, 15) is 0 Å². The molecule has 0 saturated heterocycles. The van der Waals surface area contributed by atoms with E-state index in [1.165, 1.54) is 60.9 Å². The van der Waals surface area contributed by atoms with E-state index in [4.69, 9.17) is 0 Å². The van der Waals surface area contributed by atoms with E-state index in [1.807, 2.05) is 0 Å². The Kier molecular flexibility index (Phi) is 6.20.